The van der Waals surface area contributed by atoms with Crippen LogP contribution in [0, 0.1) is 0 Å². The summed E-state index contributed by atoms with van der Waals surface area (Å²) in [6.45, 7) is 2.11. The predicted molar refractivity (Wildman–Crippen MR) is 74.0 cm³/mol. The van der Waals surface area contributed by atoms with E-state index in [9.17, 15) is 0 Å². The molecule has 1 N–H and O–H groups in total. The van der Waals surface area contributed by atoms with E-state index in [2.05, 4.69) is 5.32 Å². The summed E-state index contributed by atoms with van der Waals surface area (Å²) in [4.78, 5) is 0. The molecule has 17 heavy (non-hydrogen) atoms. The second-order valence-electron chi connectivity index (χ2n) is 3.74. The van der Waals surface area contributed by atoms with Gasteiger partial charge in [-0.3, -0.25) is 0 Å². The first-order chi connectivity index (χ1) is 7.38. The number of nitrogens with one attached hydrogen (secondary N) is 1. The van der Waals surface area contributed by atoms with Crippen LogP contribution in [0.2, 0.25) is 0 Å². The highest BCUT2D eigenvalue weighted by Gasteiger charge is 2.13. The molecule has 1 aliphatic heterocycles. The SMILES string of the molecule is COc1ccc(OC2CCNCC2)cc1.Cl.Cl. The molecule has 0 aromatic heterocycles. The Morgan fingerprint density at radius 3 is 2.06 bits per heavy atom. The molecule has 1 aromatic carbocycles. The summed E-state index contributed by atoms with van der Waals surface area (Å²) in [6.07, 6.45) is 2.54. The third-order valence-electron chi connectivity index (χ3n) is 2.65. The summed E-state index contributed by atoms with van der Waals surface area (Å²) in [7, 11) is 1.67. The molecule has 0 radical (unpaired) electrons. The van der Waals surface area contributed by atoms with Gasteiger partial charge in [0.1, 0.15) is 17.6 Å². The minimum absolute atomic E-state index is 0. The van der Waals surface area contributed by atoms with E-state index in [1.165, 1.54) is 0 Å². The van der Waals surface area contributed by atoms with Gasteiger partial charge in [-0.05, 0) is 50.2 Å². The van der Waals surface area contributed by atoms with E-state index >= 15 is 0 Å². The molecule has 3 nitrogen and oxygen atoms in total. The summed E-state index contributed by atoms with van der Waals surface area (Å²) < 4.78 is 11.0. The monoisotopic (exact) mass is 279 g/mol. The third-order valence-corrected chi connectivity index (χ3v) is 2.65. The van der Waals surface area contributed by atoms with Crippen LogP contribution in [0.3, 0.4) is 0 Å². The van der Waals surface area contributed by atoms with E-state index in [0.717, 1.165) is 37.4 Å². The highest BCUT2D eigenvalue weighted by molar-refractivity contribution is 5.85. The molecule has 0 bridgehead atoms. The Morgan fingerprint density at radius 2 is 1.53 bits per heavy atom. The highest BCUT2D eigenvalue weighted by Crippen LogP contribution is 2.20. The molecule has 1 saturated heterocycles. The van der Waals surface area contributed by atoms with Crippen molar-refractivity contribution in [2.24, 2.45) is 0 Å². The molecule has 0 spiro atoms. The van der Waals surface area contributed by atoms with Crippen LogP contribution in [0.4, 0.5) is 0 Å². The van der Waals surface area contributed by atoms with Gasteiger partial charge in [0, 0.05) is 0 Å². The number of halogens is 2. The fraction of sp³-hybridized carbons (Fsp3) is 0.500. The molecule has 1 heterocycles. The Labute approximate surface area is 115 Å². The predicted octanol–water partition coefficient (Wildman–Crippen LogP) is 2.67. The number of benzene rings is 1. The maximum absolute atomic E-state index is 5.86. The van der Waals surface area contributed by atoms with Gasteiger partial charge >= 0.3 is 0 Å². The zero-order valence-corrected chi connectivity index (χ0v) is 11.5. The Hall–Kier alpha value is -0.640. The lowest BCUT2D eigenvalue weighted by atomic mass is 10.1. The lowest BCUT2D eigenvalue weighted by Gasteiger charge is -2.23. The van der Waals surface area contributed by atoms with Gasteiger partial charge in [0.2, 0.25) is 0 Å². The highest BCUT2D eigenvalue weighted by atomic mass is 35.5. The maximum Gasteiger partial charge on any atom is 0.119 e. The fourth-order valence-corrected chi connectivity index (χ4v) is 1.76. The Balaban J connectivity index is 0.00000128. The van der Waals surface area contributed by atoms with E-state index in [4.69, 9.17) is 9.47 Å². The molecule has 0 saturated carbocycles. The molecule has 5 heteroatoms. The number of ether oxygens (including phenoxy) is 2. The van der Waals surface area contributed by atoms with Crippen LogP contribution in [0.1, 0.15) is 12.8 Å². The first-order valence-corrected chi connectivity index (χ1v) is 5.40. The van der Waals surface area contributed by atoms with E-state index < -0.39 is 0 Å². The number of methoxy groups -OCH3 is 1. The topological polar surface area (TPSA) is 30.5 Å². The van der Waals surface area contributed by atoms with Crippen molar-refractivity contribution in [1.29, 1.82) is 0 Å². The minimum Gasteiger partial charge on any atom is -0.497 e. The van der Waals surface area contributed by atoms with Crippen molar-refractivity contribution in [3.05, 3.63) is 24.3 Å². The van der Waals surface area contributed by atoms with Crippen molar-refractivity contribution in [1.82, 2.24) is 5.32 Å². The Morgan fingerprint density at radius 1 is 1.00 bits per heavy atom. The van der Waals surface area contributed by atoms with E-state index in [-0.39, 0.29) is 24.8 Å². The van der Waals surface area contributed by atoms with Gasteiger partial charge in [0.15, 0.2) is 0 Å². The number of rotatable bonds is 3. The number of hydrogen-bond donors (Lipinski definition) is 1. The van der Waals surface area contributed by atoms with Crippen molar-refractivity contribution in [3.8, 4) is 11.5 Å². The van der Waals surface area contributed by atoms with Crippen LogP contribution in [0.5, 0.6) is 11.5 Å². The zero-order chi connectivity index (χ0) is 10.5. The molecule has 2 rings (SSSR count). The lowest BCUT2D eigenvalue weighted by molar-refractivity contribution is 0.162. The van der Waals surface area contributed by atoms with Gasteiger partial charge in [0.25, 0.3) is 0 Å². The standard InChI is InChI=1S/C12H17NO2.2ClH/c1-14-10-2-4-11(5-3-10)15-12-6-8-13-9-7-12;;/h2-5,12-13H,6-9H2,1H3;2*1H. The van der Waals surface area contributed by atoms with Crippen molar-refractivity contribution in [3.63, 3.8) is 0 Å². The molecular formula is C12H19Cl2NO2. The largest absolute Gasteiger partial charge is 0.497 e. The van der Waals surface area contributed by atoms with Gasteiger partial charge in [0.05, 0.1) is 7.11 Å². The molecule has 0 unspecified atom stereocenters. The van der Waals surface area contributed by atoms with Crippen LogP contribution >= 0.6 is 24.8 Å². The molecule has 1 fully saturated rings. The summed E-state index contributed by atoms with van der Waals surface area (Å²) in [5.74, 6) is 1.80. The summed E-state index contributed by atoms with van der Waals surface area (Å²) in [5, 5.41) is 3.32. The summed E-state index contributed by atoms with van der Waals surface area (Å²) >= 11 is 0. The van der Waals surface area contributed by atoms with E-state index in [1.54, 1.807) is 7.11 Å². The second-order valence-corrected chi connectivity index (χ2v) is 3.74. The van der Waals surface area contributed by atoms with Gasteiger partial charge in [-0.25, -0.2) is 0 Å². The summed E-state index contributed by atoms with van der Waals surface area (Å²) in [5.41, 5.74) is 0. The van der Waals surface area contributed by atoms with Crippen molar-refractivity contribution >= 4 is 24.8 Å². The van der Waals surface area contributed by atoms with Crippen molar-refractivity contribution in [2.75, 3.05) is 20.2 Å². The minimum atomic E-state index is 0. The van der Waals surface area contributed by atoms with Crippen LogP contribution < -0.4 is 14.8 Å². The maximum atomic E-state index is 5.86. The quantitative estimate of drug-likeness (QED) is 0.923. The van der Waals surface area contributed by atoms with Crippen LogP contribution in [-0.4, -0.2) is 26.3 Å². The second kappa shape index (κ2) is 8.45. The normalized spacial score (nSPS) is 15.4. The van der Waals surface area contributed by atoms with E-state index in [0.29, 0.717) is 6.10 Å². The summed E-state index contributed by atoms with van der Waals surface area (Å²) in [6, 6.07) is 7.77. The molecular weight excluding hydrogens is 261 g/mol. The molecule has 1 aliphatic rings. The average molecular weight is 280 g/mol. The van der Waals surface area contributed by atoms with Gasteiger partial charge in [-0.15, -0.1) is 24.8 Å². The number of piperidine rings is 1. The average Bonchev–Trinajstić information content (AvgIpc) is 2.31. The van der Waals surface area contributed by atoms with Crippen LogP contribution in [0.25, 0.3) is 0 Å². The lowest BCUT2D eigenvalue weighted by Crippen LogP contribution is -2.34. The zero-order valence-electron chi connectivity index (χ0n) is 9.85. The molecule has 0 atom stereocenters. The van der Waals surface area contributed by atoms with Gasteiger partial charge < -0.3 is 14.8 Å². The Bertz CT molecular complexity index is 300. The van der Waals surface area contributed by atoms with Crippen LogP contribution in [-0.2, 0) is 0 Å². The van der Waals surface area contributed by atoms with Crippen LogP contribution in [0.15, 0.2) is 24.3 Å². The van der Waals surface area contributed by atoms with Crippen molar-refractivity contribution in [2.45, 2.75) is 18.9 Å². The smallest absolute Gasteiger partial charge is 0.119 e. The molecule has 1 aromatic rings. The Kier molecular flexibility index (Phi) is 8.13. The molecule has 0 amide bonds. The first-order valence-electron chi connectivity index (χ1n) is 5.40. The molecule has 98 valence electrons. The van der Waals surface area contributed by atoms with Gasteiger partial charge in [-0.1, -0.05) is 0 Å². The number of hydrogen-bond acceptors (Lipinski definition) is 3. The van der Waals surface area contributed by atoms with E-state index in [1.807, 2.05) is 24.3 Å². The third kappa shape index (κ3) is 5.02. The fourth-order valence-electron chi connectivity index (χ4n) is 1.76. The van der Waals surface area contributed by atoms with Gasteiger partial charge in [-0.2, -0.15) is 0 Å². The first kappa shape index (κ1) is 16.4. The molecule has 0 aliphatic carbocycles. The van der Waals surface area contributed by atoms with Crippen molar-refractivity contribution < 1.29 is 9.47 Å².